The highest BCUT2D eigenvalue weighted by molar-refractivity contribution is 7.14. The van der Waals surface area contributed by atoms with Gasteiger partial charge in [-0.1, -0.05) is 12.1 Å². The van der Waals surface area contributed by atoms with Crippen molar-refractivity contribution in [3.05, 3.63) is 41.2 Å². The first-order valence-corrected chi connectivity index (χ1v) is 6.50. The minimum atomic E-state index is -0.293. The molecule has 2 rings (SSSR count). The Labute approximate surface area is 109 Å². The van der Waals surface area contributed by atoms with Crippen molar-refractivity contribution in [2.45, 2.75) is 13.8 Å². The predicted molar refractivity (Wildman–Crippen MR) is 71.2 cm³/mol. The van der Waals surface area contributed by atoms with Gasteiger partial charge in [-0.3, -0.25) is 4.79 Å². The minimum Gasteiger partial charge on any atom is -0.315 e. The molecule has 0 N–H and O–H groups in total. The average Bonchev–Trinajstić information content (AvgIpc) is 2.82. The molecule has 0 aliphatic rings. The van der Waals surface area contributed by atoms with Crippen LogP contribution in [0.15, 0.2) is 29.6 Å². The van der Waals surface area contributed by atoms with E-state index in [0.29, 0.717) is 23.1 Å². The lowest BCUT2D eigenvalue weighted by molar-refractivity contribution is 0.101. The molecule has 1 heterocycles. The van der Waals surface area contributed by atoms with Gasteiger partial charge in [-0.15, -0.1) is 11.3 Å². The third-order valence-corrected chi connectivity index (χ3v) is 3.41. The highest BCUT2D eigenvalue weighted by Crippen LogP contribution is 2.30. The van der Waals surface area contributed by atoms with E-state index in [1.807, 2.05) is 6.92 Å². The van der Waals surface area contributed by atoms with Crippen LogP contribution in [0.5, 0.6) is 0 Å². The second-order valence-electron chi connectivity index (χ2n) is 3.77. The van der Waals surface area contributed by atoms with Gasteiger partial charge in [0.25, 0.3) is 0 Å². The molecule has 5 heteroatoms. The summed E-state index contributed by atoms with van der Waals surface area (Å²) in [5, 5.41) is 2.33. The minimum absolute atomic E-state index is 0.0814. The number of para-hydroxylation sites is 1. The molecule has 3 nitrogen and oxygen atoms in total. The number of halogens is 1. The zero-order valence-corrected chi connectivity index (χ0v) is 11.0. The molecule has 0 saturated carbocycles. The van der Waals surface area contributed by atoms with Gasteiger partial charge in [-0.05, 0) is 19.1 Å². The van der Waals surface area contributed by atoms with E-state index < -0.39 is 0 Å². The van der Waals surface area contributed by atoms with E-state index >= 15 is 0 Å². The van der Waals surface area contributed by atoms with Crippen LogP contribution < -0.4 is 4.90 Å². The number of hydrogen-bond acceptors (Lipinski definition) is 4. The number of hydrogen-bond donors (Lipinski definition) is 0. The molecule has 0 bridgehead atoms. The molecule has 0 saturated heterocycles. The molecular weight excluding hydrogens is 251 g/mol. The lowest BCUT2D eigenvalue weighted by Crippen LogP contribution is -2.17. The van der Waals surface area contributed by atoms with E-state index in [9.17, 15) is 9.18 Å². The molecule has 2 aromatic rings. The summed E-state index contributed by atoms with van der Waals surface area (Å²) in [7, 11) is 0. The van der Waals surface area contributed by atoms with E-state index in [1.54, 1.807) is 28.5 Å². The summed E-state index contributed by atoms with van der Waals surface area (Å²) in [5.41, 5.74) is 0.897. The van der Waals surface area contributed by atoms with Crippen LogP contribution in [0.4, 0.5) is 15.2 Å². The molecule has 1 aromatic heterocycles. The van der Waals surface area contributed by atoms with Crippen LogP contribution in [0.1, 0.15) is 24.3 Å². The summed E-state index contributed by atoms with van der Waals surface area (Å²) in [6.45, 7) is 3.98. The molecular formula is C13H13FN2OS. The van der Waals surface area contributed by atoms with E-state index in [-0.39, 0.29) is 11.6 Å². The van der Waals surface area contributed by atoms with Gasteiger partial charge >= 0.3 is 0 Å². The SMILES string of the molecule is CCN(c1nc(C(C)=O)cs1)c1ccccc1F. The van der Waals surface area contributed by atoms with Gasteiger partial charge in [0.1, 0.15) is 11.5 Å². The van der Waals surface area contributed by atoms with E-state index in [0.717, 1.165) is 0 Å². The molecule has 0 fully saturated rings. The van der Waals surface area contributed by atoms with Crippen molar-refractivity contribution < 1.29 is 9.18 Å². The first-order valence-electron chi connectivity index (χ1n) is 5.62. The Morgan fingerprint density at radius 3 is 2.72 bits per heavy atom. The Kier molecular flexibility index (Phi) is 3.72. The summed E-state index contributed by atoms with van der Waals surface area (Å²) >= 11 is 1.34. The Bertz CT molecular complexity index is 568. The summed E-state index contributed by atoms with van der Waals surface area (Å²) in [6.07, 6.45) is 0. The van der Waals surface area contributed by atoms with Gasteiger partial charge in [-0.2, -0.15) is 0 Å². The fraction of sp³-hybridized carbons (Fsp3) is 0.231. The summed E-state index contributed by atoms with van der Waals surface area (Å²) in [4.78, 5) is 17.2. The highest BCUT2D eigenvalue weighted by Gasteiger charge is 2.16. The van der Waals surface area contributed by atoms with Gasteiger partial charge in [0.05, 0.1) is 5.69 Å². The van der Waals surface area contributed by atoms with Crippen molar-refractivity contribution in [3.8, 4) is 0 Å². The molecule has 0 aliphatic carbocycles. The fourth-order valence-corrected chi connectivity index (χ4v) is 2.57. The van der Waals surface area contributed by atoms with Crippen LogP contribution in [0, 0.1) is 5.82 Å². The quantitative estimate of drug-likeness (QED) is 0.790. The molecule has 18 heavy (non-hydrogen) atoms. The van der Waals surface area contributed by atoms with Crippen LogP contribution in [0.2, 0.25) is 0 Å². The number of carbonyl (C=O) groups is 1. The molecule has 94 valence electrons. The maximum atomic E-state index is 13.7. The fourth-order valence-electron chi connectivity index (χ4n) is 1.63. The third kappa shape index (κ3) is 2.41. The summed E-state index contributed by atoms with van der Waals surface area (Å²) in [5.74, 6) is -0.374. The highest BCUT2D eigenvalue weighted by atomic mass is 32.1. The zero-order valence-electron chi connectivity index (χ0n) is 10.2. The number of Topliss-reactive ketones (excluding diaryl/α,β-unsaturated/α-hetero) is 1. The van der Waals surface area contributed by atoms with Crippen LogP contribution >= 0.6 is 11.3 Å². The molecule has 0 atom stereocenters. The number of carbonyl (C=O) groups excluding carboxylic acids is 1. The van der Waals surface area contributed by atoms with Crippen LogP contribution in [-0.4, -0.2) is 17.3 Å². The van der Waals surface area contributed by atoms with E-state index in [2.05, 4.69) is 4.98 Å². The van der Waals surface area contributed by atoms with Crippen LogP contribution in [0.25, 0.3) is 0 Å². The molecule has 0 amide bonds. The second-order valence-corrected chi connectivity index (χ2v) is 4.60. The number of ketones is 1. The Morgan fingerprint density at radius 2 is 2.17 bits per heavy atom. The van der Waals surface area contributed by atoms with Crippen molar-refractivity contribution >= 4 is 27.9 Å². The molecule has 0 spiro atoms. The second kappa shape index (κ2) is 5.27. The summed E-state index contributed by atoms with van der Waals surface area (Å²) in [6, 6.07) is 6.54. The zero-order chi connectivity index (χ0) is 13.1. The first kappa shape index (κ1) is 12.7. The Morgan fingerprint density at radius 1 is 1.44 bits per heavy atom. The predicted octanol–water partition coefficient (Wildman–Crippen LogP) is 3.64. The number of nitrogens with zero attached hydrogens (tertiary/aromatic N) is 2. The van der Waals surface area contributed by atoms with Gasteiger partial charge in [-0.25, -0.2) is 9.37 Å². The van der Waals surface area contributed by atoms with Crippen molar-refractivity contribution in [1.82, 2.24) is 4.98 Å². The molecule has 0 unspecified atom stereocenters. The van der Waals surface area contributed by atoms with Crippen molar-refractivity contribution in [2.75, 3.05) is 11.4 Å². The van der Waals surface area contributed by atoms with Crippen molar-refractivity contribution in [1.29, 1.82) is 0 Å². The monoisotopic (exact) mass is 264 g/mol. The van der Waals surface area contributed by atoms with Crippen molar-refractivity contribution in [2.24, 2.45) is 0 Å². The summed E-state index contributed by atoms with van der Waals surface area (Å²) < 4.78 is 13.7. The third-order valence-electron chi connectivity index (χ3n) is 2.54. The maximum Gasteiger partial charge on any atom is 0.190 e. The average molecular weight is 264 g/mol. The smallest absolute Gasteiger partial charge is 0.190 e. The van der Waals surface area contributed by atoms with E-state index in [4.69, 9.17) is 0 Å². The van der Waals surface area contributed by atoms with Crippen LogP contribution in [-0.2, 0) is 0 Å². The number of anilines is 2. The van der Waals surface area contributed by atoms with Gasteiger partial charge in [0.15, 0.2) is 10.9 Å². The molecule has 0 radical (unpaired) electrons. The number of benzene rings is 1. The van der Waals surface area contributed by atoms with E-state index in [1.165, 1.54) is 24.3 Å². The standard InChI is InChI=1S/C13H13FN2OS/c1-3-16(12-7-5-4-6-10(12)14)13-15-11(8-18-13)9(2)17/h4-8H,3H2,1-2H3. The van der Waals surface area contributed by atoms with Gasteiger partial charge in [0, 0.05) is 18.8 Å². The molecule has 0 aliphatic heterocycles. The lowest BCUT2D eigenvalue weighted by Gasteiger charge is -2.20. The number of aromatic nitrogens is 1. The van der Waals surface area contributed by atoms with Gasteiger partial charge in [0.2, 0.25) is 0 Å². The largest absolute Gasteiger partial charge is 0.315 e. The van der Waals surface area contributed by atoms with Crippen molar-refractivity contribution in [3.63, 3.8) is 0 Å². The number of rotatable bonds is 4. The topological polar surface area (TPSA) is 33.2 Å². The van der Waals surface area contributed by atoms with Gasteiger partial charge < -0.3 is 4.90 Å². The lowest BCUT2D eigenvalue weighted by atomic mass is 10.3. The van der Waals surface area contributed by atoms with Crippen LogP contribution in [0.3, 0.4) is 0 Å². The number of thiazole rings is 1. The Hall–Kier alpha value is -1.75. The Balaban J connectivity index is 2.39. The maximum absolute atomic E-state index is 13.7. The first-order chi connectivity index (χ1) is 8.63. The normalized spacial score (nSPS) is 10.4. The molecule has 1 aromatic carbocycles.